The van der Waals surface area contributed by atoms with Crippen LogP contribution in [0.1, 0.15) is 26.5 Å². The van der Waals surface area contributed by atoms with E-state index in [1.54, 1.807) is 13.8 Å². The van der Waals surface area contributed by atoms with Crippen molar-refractivity contribution in [3.05, 3.63) is 32.9 Å². The maximum absolute atomic E-state index is 13.8. The lowest BCUT2D eigenvalue weighted by atomic mass is 9.86. The highest BCUT2D eigenvalue weighted by atomic mass is 28.4. The van der Waals surface area contributed by atoms with Gasteiger partial charge in [-0.25, -0.2) is 9.18 Å². The van der Waals surface area contributed by atoms with Crippen molar-refractivity contribution < 1.29 is 17.9 Å². The first-order valence-corrected chi connectivity index (χ1v) is 11.4. The molecule has 0 aromatic carbocycles. The summed E-state index contributed by atoms with van der Waals surface area (Å²) in [6, 6.07) is 0. The molecule has 0 radical (unpaired) electrons. The molecule has 6 nitrogen and oxygen atoms in total. The van der Waals surface area contributed by atoms with Gasteiger partial charge in [0, 0.05) is 5.92 Å². The molecular weight excluding hydrogens is 338 g/mol. The molecule has 9 heteroatoms. The average molecular weight is 362 g/mol. The summed E-state index contributed by atoms with van der Waals surface area (Å²) in [5.41, 5.74) is -3.02. The summed E-state index contributed by atoms with van der Waals surface area (Å²) < 4.78 is 40.4. The average Bonchev–Trinajstić information content (AvgIpc) is 2.75. The van der Waals surface area contributed by atoms with Crippen molar-refractivity contribution >= 4 is 8.32 Å². The maximum Gasteiger partial charge on any atom is 0.330 e. The van der Waals surface area contributed by atoms with E-state index in [1.807, 2.05) is 24.6 Å². The summed E-state index contributed by atoms with van der Waals surface area (Å²) in [5.74, 6) is -1.45. The van der Waals surface area contributed by atoms with E-state index in [1.165, 1.54) is 0 Å². The molecule has 0 bridgehead atoms. The van der Waals surface area contributed by atoms with Crippen LogP contribution < -0.4 is 11.2 Å². The predicted molar refractivity (Wildman–Crippen MR) is 87.8 cm³/mol. The number of alkyl halides is 1. The van der Waals surface area contributed by atoms with Gasteiger partial charge in [-0.15, -0.1) is 0 Å². The molecule has 1 saturated heterocycles. The molecule has 24 heavy (non-hydrogen) atoms. The molecule has 1 N–H and O–H groups in total. The van der Waals surface area contributed by atoms with Gasteiger partial charge in [0.15, 0.2) is 14.5 Å². The summed E-state index contributed by atoms with van der Waals surface area (Å²) >= 11 is 0. The Morgan fingerprint density at radius 2 is 2.04 bits per heavy atom. The maximum atomic E-state index is 13.8. The number of nitrogens with one attached hydrogen (secondary N) is 1. The molecule has 0 spiro atoms. The van der Waals surface area contributed by atoms with E-state index in [0.717, 1.165) is 10.8 Å². The molecule has 0 amide bonds. The second-order valence-corrected chi connectivity index (χ2v) is 11.6. The predicted octanol–water partition coefficient (Wildman–Crippen LogP) is 2.18. The Kier molecular flexibility index (Phi) is 5.17. The van der Waals surface area contributed by atoms with Crippen LogP contribution in [0, 0.1) is 11.7 Å². The minimum absolute atomic E-state index is 0.342. The number of hydrogen-bond donors (Lipinski definition) is 1. The summed E-state index contributed by atoms with van der Waals surface area (Å²) in [6.07, 6.45) is -0.437. The van der Waals surface area contributed by atoms with Gasteiger partial charge in [0.25, 0.3) is 5.56 Å². The molecule has 1 aromatic rings. The van der Waals surface area contributed by atoms with Gasteiger partial charge in [-0.2, -0.15) is 4.39 Å². The zero-order valence-electron chi connectivity index (χ0n) is 14.6. The molecular formula is C15H24F2N2O4Si. The standard InChI is InChI=1S/C15H24F2N2O4Si/c1-6-15(8-16)9(2)11(23-24(3,4)5)13(22-15)19-7-10(17)12(20)18-14(19)21/h7,9,11,13H,6,8H2,1-5H3,(H,18,20,21)/t9-,11-,13+,15-/m0/s1. The van der Waals surface area contributed by atoms with Crippen molar-refractivity contribution in [2.24, 2.45) is 5.92 Å². The molecule has 0 aliphatic carbocycles. The van der Waals surface area contributed by atoms with E-state index in [4.69, 9.17) is 9.16 Å². The first-order chi connectivity index (χ1) is 11.0. The number of nitrogens with zero attached hydrogens (tertiary/aromatic N) is 1. The Hall–Kier alpha value is -1.32. The van der Waals surface area contributed by atoms with Crippen LogP contribution in [0.15, 0.2) is 15.8 Å². The SMILES string of the molecule is CC[C@@]1(CF)O[C@@H](n2cc(F)c(=O)[nH]c2=O)[C@@H](O[Si](C)(C)C)[C@@H]1C. The molecule has 136 valence electrons. The Morgan fingerprint density at radius 3 is 2.54 bits per heavy atom. The van der Waals surface area contributed by atoms with Crippen LogP contribution in [0.3, 0.4) is 0 Å². The quantitative estimate of drug-likeness (QED) is 0.815. The Morgan fingerprint density at radius 1 is 1.42 bits per heavy atom. The van der Waals surface area contributed by atoms with E-state index >= 15 is 0 Å². The first kappa shape index (κ1) is 19.0. The minimum atomic E-state index is -2.05. The van der Waals surface area contributed by atoms with E-state index < -0.39 is 50.0 Å². The summed E-state index contributed by atoms with van der Waals surface area (Å²) in [4.78, 5) is 25.3. The van der Waals surface area contributed by atoms with E-state index in [9.17, 15) is 18.4 Å². The van der Waals surface area contributed by atoms with Gasteiger partial charge in [0.2, 0.25) is 5.82 Å². The van der Waals surface area contributed by atoms with Crippen LogP contribution in [-0.2, 0) is 9.16 Å². The molecule has 2 rings (SSSR count). The number of halogens is 2. The zero-order chi connectivity index (χ0) is 18.3. The molecule has 0 unspecified atom stereocenters. The third-order valence-electron chi connectivity index (χ3n) is 4.47. The van der Waals surface area contributed by atoms with Crippen molar-refractivity contribution in [1.29, 1.82) is 0 Å². The van der Waals surface area contributed by atoms with E-state index in [2.05, 4.69) is 0 Å². The summed E-state index contributed by atoms with van der Waals surface area (Å²) in [6.45, 7) is 8.76. The number of aromatic amines is 1. The van der Waals surface area contributed by atoms with E-state index in [0.29, 0.717) is 6.42 Å². The van der Waals surface area contributed by atoms with Crippen LogP contribution in [0.2, 0.25) is 19.6 Å². The molecule has 1 aromatic heterocycles. The monoisotopic (exact) mass is 362 g/mol. The smallest absolute Gasteiger partial charge is 0.330 e. The zero-order valence-corrected chi connectivity index (χ0v) is 15.6. The van der Waals surface area contributed by atoms with Crippen molar-refractivity contribution in [1.82, 2.24) is 9.55 Å². The van der Waals surface area contributed by atoms with Crippen molar-refractivity contribution in [3.63, 3.8) is 0 Å². The van der Waals surface area contributed by atoms with Crippen LogP contribution in [0.25, 0.3) is 0 Å². The summed E-state index contributed by atoms with van der Waals surface area (Å²) in [7, 11) is -2.05. The van der Waals surface area contributed by atoms with Crippen molar-refractivity contribution in [3.8, 4) is 0 Å². The van der Waals surface area contributed by atoms with Crippen molar-refractivity contribution in [2.45, 2.75) is 57.8 Å². The van der Waals surface area contributed by atoms with Gasteiger partial charge < -0.3 is 9.16 Å². The van der Waals surface area contributed by atoms with Gasteiger partial charge in [-0.3, -0.25) is 14.3 Å². The lowest BCUT2D eigenvalue weighted by molar-refractivity contribution is -0.105. The van der Waals surface area contributed by atoms with Gasteiger partial charge in [-0.1, -0.05) is 13.8 Å². The van der Waals surface area contributed by atoms with Gasteiger partial charge in [0.1, 0.15) is 12.3 Å². The number of rotatable bonds is 5. The normalized spacial score (nSPS) is 30.7. The third-order valence-corrected chi connectivity index (χ3v) is 5.45. The second kappa shape index (κ2) is 6.53. The molecule has 1 aliphatic heterocycles. The molecule has 2 heterocycles. The van der Waals surface area contributed by atoms with Gasteiger partial charge in [-0.05, 0) is 26.1 Å². The van der Waals surface area contributed by atoms with Gasteiger partial charge in [0.05, 0.1) is 12.3 Å². The minimum Gasteiger partial charge on any atom is -0.410 e. The Bertz CT molecular complexity index is 709. The lowest BCUT2D eigenvalue weighted by Gasteiger charge is -2.31. The molecule has 1 fully saturated rings. The third kappa shape index (κ3) is 3.38. The van der Waals surface area contributed by atoms with Crippen LogP contribution in [0.4, 0.5) is 8.78 Å². The number of H-pyrrole nitrogens is 1. The fourth-order valence-corrected chi connectivity index (χ4v) is 4.18. The number of aromatic nitrogens is 2. The topological polar surface area (TPSA) is 73.3 Å². The summed E-state index contributed by atoms with van der Waals surface area (Å²) in [5, 5.41) is 0. The number of hydrogen-bond acceptors (Lipinski definition) is 4. The van der Waals surface area contributed by atoms with Crippen molar-refractivity contribution in [2.75, 3.05) is 6.67 Å². The van der Waals surface area contributed by atoms with Gasteiger partial charge >= 0.3 is 5.69 Å². The van der Waals surface area contributed by atoms with Crippen LogP contribution >= 0.6 is 0 Å². The fraction of sp³-hybridized carbons (Fsp3) is 0.733. The van der Waals surface area contributed by atoms with Crippen LogP contribution in [0.5, 0.6) is 0 Å². The first-order valence-electron chi connectivity index (χ1n) is 7.97. The second-order valence-electron chi connectivity index (χ2n) is 7.19. The fourth-order valence-electron chi connectivity index (χ4n) is 3.05. The highest BCUT2D eigenvalue weighted by Crippen LogP contribution is 2.45. The Labute approximate surface area is 139 Å². The largest absolute Gasteiger partial charge is 0.410 e. The molecule has 0 saturated carbocycles. The molecule has 4 atom stereocenters. The molecule has 1 aliphatic rings. The lowest BCUT2D eigenvalue weighted by Crippen LogP contribution is -2.43. The number of ether oxygens (including phenoxy) is 1. The highest BCUT2D eigenvalue weighted by molar-refractivity contribution is 6.69. The highest BCUT2D eigenvalue weighted by Gasteiger charge is 2.54. The van der Waals surface area contributed by atoms with Crippen LogP contribution in [-0.4, -0.2) is 36.2 Å². The Balaban J connectivity index is 2.55. The van der Waals surface area contributed by atoms with E-state index in [-0.39, 0.29) is 5.92 Å².